The minimum absolute atomic E-state index is 0.794. The van der Waals surface area contributed by atoms with Gasteiger partial charge in [-0.25, -0.2) is 4.98 Å². The molecule has 2 nitrogen and oxygen atoms in total. The fourth-order valence-corrected chi connectivity index (χ4v) is 3.37. The van der Waals surface area contributed by atoms with Crippen LogP contribution in [0.3, 0.4) is 0 Å². The van der Waals surface area contributed by atoms with Crippen LogP contribution in [-0.2, 0) is 6.54 Å². The lowest BCUT2D eigenvalue weighted by atomic mass is 9.86. The molecule has 88 valence electrons. The van der Waals surface area contributed by atoms with Gasteiger partial charge >= 0.3 is 0 Å². The number of nitrogens with zero attached hydrogens (tertiary/aromatic N) is 1. The molecule has 0 spiro atoms. The van der Waals surface area contributed by atoms with Crippen molar-refractivity contribution < 1.29 is 0 Å². The summed E-state index contributed by atoms with van der Waals surface area (Å²) in [5, 5.41) is 4.93. The summed E-state index contributed by atoms with van der Waals surface area (Å²) < 4.78 is 0. The zero-order valence-electron chi connectivity index (χ0n) is 9.91. The van der Waals surface area contributed by atoms with Crippen molar-refractivity contribution in [2.45, 2.75) is 45.1 Å². The number of rotatable bonds is 5. The number of hydrogen-bond donors (Lipinski definition) is 1. The highest BCUT2D eigenvalue weighted by atomic mass is 32.1. The Morgan fingerprint density at radius 1 is 1.50 bits per heavy atom. The van der Waals surface area contributed by atoms with E-state index in [4.69, 9.17) is 0 Å². The molecule has 16 heavy (non-hydrogen) atoms. The minimum Gasteiger partial charge on any atom is -0.312 e. The molecule has 1 aromatic rings. The van der Waals surface area contributed by atoms with Gasteiger partial charge in [0.1, 0.15) is 0 Å². The van der Waals surface area contributed by atoms with Crippen molar-refractivity contribution in [1.82, 2.24) is 10.3 Å². The Morgan fingerprint density at radius 3 is 2.94 bits per heavy atom. The predicted molar refractivity (Wildman–Crippen MR) is 67.7 cm³/mol. The van der Waals surface area contributed by atoms with E-state index in [1.54, 1.807) is 0 Å². The number of hydrogen-bond acceptors (Lipinski definition) is 3. The summed E-state index contributed by atoms with van der Waals surface area (Å²) in [4.78, 5) is 5.96. The smallest absolute Gasteiger partial charge is 0.0959 e. The Bertz CT molecular complexity index is 357. The van der Waals surface area contributed by atoms with Crippen LogP contribution in [0.15, 0.2) is 6.20 Å². The molecule has 0 aliphatic heterocycles. The largest absolute Gasteiger partial charge is 0.312 e. The van der Waals surface area contributed by atoms with E-state index in [9.17, 15) is 0 Å². The van der Waals surface area contributed by atoms with Crippen molar-refractivity contribution in [3.05, 3.63) is 16.1 Å². The van der Waals surface area contributed by atoms with Gasteiger partial charge in [-0.3, -0.25) is 0 Å². The molecule has 0 saturated heterocycles. The second kappa shape index (κ2) is 4.46. The Morgan fingerprint density at radius 2 is 2.31 bits per heavy atom. The summed E-state index contributed by atoms with van der Waals surface area (Å²) in [6, 6.07) is 0. The van der Waals surface area contributed by atoms with E-state index >= 15 is 0 Å². The van der Waals surface area contributed by atoms with E-state index in [1.165, 1.54) is 42.1 Å². The van der Waals surface area contributed by atoms with E-state index < -0.39 is 0 Å². The van der Waals surface area contributed by atoms with Gasteiger partial charge in [0.25, 0.3) is 0 Å². The standard InChI is InChI=1S/C13H20N2S/c1-9-5-11(9)6-14-7-12-8-15-13(16-12)10-3-2-4-10/h8-11,14H,2-7H2,1H3. The maximum atomic E-state index is 4.55. The molecule has 2 aliphatic rings. The Balaban J connectivity index is 1.45. The normalized spacial score (nSPS) is 29.1. The molecule has 2 saturated carbocycles. The first-order chi connectivity index (χ1) is 7.83. The van der Waals surface area contributed by atoms with Crippen molar-refractivity contribution in [3.63, 3.8) is 0 Å². The van der Waals surface area contributed by atoms with Gasteiger partial charge in [-0.2, -0.15) is 0 Å². The van der Waals surface area contributed by atoms with Crippen LogP contribution >= 0.6 is 11.3 Å². The van der Waals surface area contributed by atoms with Crippen molar-refractivity contribution >= 4 is 11.3 Å². The lowest BCUT2D eigenvalue weighted by Crippen LogP contribution is -2.15. The van der Waals surface area contributed by atoms with Gasteiger partial charge in [0.2, 0.25) is 0 Å². The molecule has 1 aromatic heterocycles. The summed E-state index contributed by atoms with van der Waals surface area (Å²) in [7, 11) is 0. The van der Waals surface area contributed by atoms with Crippen molar-refractivity contribution in [2.24, 2.45) is 11.8 Å². The highest BCUT2D eigenvalue weighted by Gasteiger charge is 2.31. The zero-order chi connectivity index (χ0) is 11.0. The first-order valence-electron chi connectivity index (χ1n) is 6.48. The molecule has 1 N–H and O–H groups in total. The maximum Gasteiger partial charge on any atom is 0.0959 e. The van der Waals surface area contributed by atoms with E-state index in [2.05, 4.69) is 23.4 Å². The summed E-state index contributed by atoms with van der Waals surface area (Å²) in [6.45, 7) is 4.55. The topological polar surface area (TPSA) is 24.9 Å². The van der Waals surface area contributed by atoms with E-state index in [0.29, 0.717) is 0 Å². The summed E-state index contributed by atoms with van der Waals surface area (Å²) in [6.07, 6.45) is 7.61. The van der Waals surface area contributed by atoms with Gasteiger partial charge in [-0.15, -0.1) is 11.3 Å². The molecule has 0 aromatic carbocycles. The van der Waals surface area contributed by atoms with Crippen molar-refractivity contribution in [3.8, 4) is 0 Å². The molecule has 2 fully saturated rings. The second-order valence-corrected chi connectivity index (χ2v) is 6.54. The van der Waals surface area contributed by atoms with Crippen molar-refractivity contribution in [2.75, 3.05) is 6.54 Å². The first-order valence-corrected chi connectivity index (χ1v) is 7.30. The number of aromatic nitrogens is 1. The predicted octanol–water partition coefficient (Wildman–Crippen LogP) is 3.16. The number of nitrogens with one attached hydrogen (secondary N) is 1. The fraction of sp³-hybridized carbons (Fsp3) is 0.769. The van der Waals surface area contributed by atoms with Gasteiger partial charge in [-0.05, 0) is 37.6 Å². The molecule has 0 amide bonds. The van der Waals surface area contributed by atoms with Crippen LogP contribution in [0.2, 0.25) is 0 Å². The molecule has 1 heterocycles. The third-order valence-electron chi connectivity index (χ3n) is 4.01. The van der Waals surface area contributed by atoms with Gasteiger partial charge in [0.15, 0.2) is 0 Å². The zero-order valence-corrected chi connectivity index (χ0v) is 10.7. The lowest BCUT2D eigenvalue weighted by molar-refractivity contribution is 0.418. The average molecular weight is 236 g/mol. The molecule has 0 bridgehead atoms. The van der Waals surface area contributed by atoms with E-state index in [0.717, 1.165) is 24.3 Å². The Kier molecular flexibility index (Phi) is 2.99. The summed E-state index contributed by atoms with van der Waals surface area (Å²) >= 11 is 1.92. The average Bonchev–Trinajstić information content (AvgIpc) is 2.71. The van der Waals surface area contributed by atoms with Gasteiger partial charge < -0.3 is 5.32 Å². The summed E-state index contributed by atoms with van der Waals surface area (Å²) in [5.41, 5.74) is 0. The van der Waals surface area contributed by atoms with Crippen LogP contribution in [0.25, 0.3) is 0 Å². The van der Waals surface area contributed by atoms with Gasteiger partial charge in [0.05, 0.1) is 5.01 Å². The van der Waals surface area contributed by atoms with Gasteiger partial charge in [0, 0.05) is 23.5 Å². The molecule has 0 radical (unpaired) electrons. The lowest BCUT2D eigenvalue weighted by Gasteiger charge is -2.22. The Labute approximate surface area is 101 Å². The number of thiazole rings is 1. The van der Waals surface area contributed by atoms with Crippen LogP contribution in [0.5, 0.6) is 0 Å². The SMILES string of the molecule is CC1CC1CNCc1cnc(C2CCC2)s1. The van der Waals surface area contributed by atoms with E-state index in [1.807, 2.05) is 11.3 Å². The molecule has 3 heteroatoms. The molecular formula is C13H20N2S. The molecular weight excluding hydrogens is 216 g/mol. The monoisotopic (exact) mass is 236 g/mol. The minimum atomic E-state index is 0.794. The van der Waals surface area contributed by atoms with E-state index in [-0.39, 0.29) is 0 Å². The second-order valence-electron chi connectivity index (χ2n) is 5.40. The molecule has 2 aliphatic carbocycles. The van der Waals surface area contributed by atoms with Crippen LogP contribution in [0, 0.1) is 11.8 Å². The molecule has 2 unspecified atom stereocenters. The van der Waals surface area contributed by atoms with Crippen LogP contribution in [-0.4, -0.2) is 11.5 Å². The highest BCUT2D eigenvalue weighted by Crippen LogP contribution is 2.38. The van der Waals surface area contributed by atoms with Crippen LogP contribution < -0.4 is 5.32 Å². The van der Waals surface area contributed by atoms with Crippen LogP contribution in [0.4, 0.5) is 0 Å². The third kappa shape index (κ3) is 2.30. The van der Waals surface area contributed by atoms with Gasteiger partial charge in [-0.1, -0.05) is 13.3 Å². The molecule has 2 atom stereocenters. The molecule has 3 rings (SSSR count). The fourth-order valence-electron chi connectivity index (χ4n) is 2.31. The highest BCUT2D eigenvalue weighted by molar-refractivity contribution is 7.11. The quantitative estimate of drug-likeness (QED) is 0.849. The van der Waals surface area contributed by atoms with Crippen molar-refractivity contribution in [1.29, 1.82) is 0 Å². The third-order valence-corrected chi connectivity index (χ3v) is 5.17. The first kappa shape index (κ1) is 10.7. The Hall–Kier alpha value is -0.410. The maximum absolute atomic E-state index is 4.55. The summed E-state index contributed by atoms with van der Waals surface area (Å²) in [5.74, 6) is 2.70. The van der Waals surface area contributed by atoms with Crippen LogP contribution in [0.1, 0.15) is 48.4 Å².